The number of aliphatic imine (C=N–C) groups is 1. The summed E-state index contributed by atoms with van der Waals surface area (Å²) in [6.07, 6.45) is -1.34. The lowest BCUT2D eigenvalue weighted by molar-refractivity contribution is -0.119. The number of aromatic amines is 1. The van der Waals surface area contributed by atoms with Crippen LogP contribution in [0.3, 0.4) is 0 Å². The van der Waals surface area contributed by atoms with Crippen LogP contribution in [0.5, 0.6) is 11.5 Å². The number of nitrogens with zero attached hydrogens (tertiary/aromatic N) is 2. The van der Waals surface area contributed by atoms with E-state index in [1.165, 1.54) is 23.1 Å². The number of anilines is 1. The van der Waals surface area contributed by atoms with Gasteiger partial charge in [-0.25, -0.2) is 9.38 Å². The van der Waals surface area contributed by atoms with Crippen LogP contribution in [0.2, 0.25) is 0 Å². The Balaban J connectivity index is 1.58. The number of rotatable bonds is 3. The number of phenols is 2. The zero-order valence-corrected chi connectivity index (χ0v) is 17.9. The number of nitrogens with one attached hydrogen (secondary N) is 2. The molecule has 5 rings (SSSR count). The quantitative estimate of drug-likeness (QED) is 0.377. The highest BCUT2D eigenvalue weighted by atomic mass is 19.1. The van der Waals surface area contributed by atoms with Gasteiger partial charge in [0.2, 0.25) is 6.17 Å². The first-order valence-corrected chi connectivity index (χ1v) is 10.4. The van der Waals surface area contributed by atoms with Crippen molar-refractivity contribution >= 4 is 34.1 Å². The summed E-state index contributed by atoms with van der Waals surface area (Å²) in [5.74, 6) is -2.06. The standard InChI is InChI=1S/C25H19FN4O4/c1-30-20-9-5-3-7-15(20)22(14-6-2-4-8-17(14)26)28-23(25(30)34)29-24(33)19-12-16-18(27-19)10-13(31)11-21(16)32/h2-12,23,27,31-32H,1H3,(H,29,33). The molecule has 1 aliphatic heterocycles. The van der Waals surface area contributed by atoms with E-state index in [1.54, 1.807) is 49.5 Å². The number of amides is 2. The van der Waals surface area contributed by atoms with Crippen molar-refractivity contribution in [3.63, 3.8) is 0 Å². The molecule has 170 valence electrons. The van der Waals surface area contributed by atoms with Crippen LogP contribution in [0.25, 0.3) is 10.9 Å². The summed E-state index contributed by atoms with van der Waals surface area (Å²) in [6.45, 7) is 0. The van der Waals surface area contributed by atoms with E-state index in [0.29, 0.717) is 22.2 Å². The molecule has 0 bridgehead atoms. The summed E-state index contributed by atoms with van der Waals surface area (Å²) < 4.78 is 14.7. The third-order valence-corrected chi connectivity index (χ3v) is 5.69. The molecule has 0 aliphatic carbocycles. The molecule has 0 spiro atoms. The van der Waals surface area contributed by atoms with E-state index in [0.717, 1.165) is 6.07 Å². The van der Waals surface area contributed by atoms with E-state index in [-0.39, 0.29) is 28.5 Å². The topological polar surface area (TPSA) is 118 Å². The van der Waals surface area contributed by atoms with Gasteiger partial charge >= 0.3 is 0 Å². The molecule has 0 saturated heterocycles. The number of phenolic OH excluding ortho intramolecular Hbond substituents is 2. The number of likely N-dealkylation sites (N-methyl/N-ethyl adjacent to an activating group) is 1. The molecule has 0 radical (unpaired) electrons. The zero-order chi connectivity index (χ0) is 24.0. The summed E-state index contributed by atoms with van der Waals surface area (Å²) in [6, 6.07) is 17.0. The number of hydrogen-bond donors (Lipinski definition) is 4. The van der Waals surface area contributed by atoms with Crippen molar-refractivity contribution < 1.29 is 24.2 Å². The van der Waals surface area contributed by atoms with Crippen molar-refractivity contribution in [2.45, 2.75) is 6.17 Å². The molecule has 34 heavy (non-hydrogen) atoms. The molecular formula is C25H19FN4O4. The third-order valence-electron chi connectivity index (χ3n) is 5.69. The molecule has 8 nitrogen and oxygen atoms in total. The average Bonchev–Trinajstić information content (AvgIpc) is 3.22. The molecule has 1 aromatic heterocycles. The van der Waals surface area contributed by atoms with E-state index in [1.807, 2.05) is 0 Å². The maximum absolute atomic E-state index is 14.7. The van der Waals surface area contributed by atoms with Crippen LogP contribution < -0.4 is 10.2 Å². The predicted octanol–water partition coefficient (Wildman–Crippen LogP) is 3.29. The van der Waals surface area contributed by atoms with Gasteiger partial charge in [-0.2, -0.15) is 0 Å². The number of para-hydroxylation sites is 1. The lowest BCUT2D eigenvalue weighted by Gasteiger charge is -2.20. The highest BCUT2D eigenvalue weighted by molar-refractivity contribution is 6.20. The average molecular weight is 458 g/mol. The molecule has 1 atom stereocenters. The van der Waals surface area contributed by atoms with Gasteiger partial charge < -0.3 is 25.4 Å². The van der Waals surface area contributed by atoms with Gasteiger partial charge in [0.15, 0.2) is 0 Å². The molecule has 2 amide bonds. The van der Waals surface area contributed by atoms with E-state index in [9.17, 15) is 24.2 Å². The second-order valence-corrected chi connectivity index (χ2v) is 7.86. The van der Waals surface area contributed by atoms with E-state index in [4.69, 9.17) is 0 Å². The summed E-state index contributed by atoms with van der Waals surface area (Å²) in [4.78, 5) is 34.9. The Hall–Kier alpha value is -4.66. The monoisotopic (exact) mass is 458 g/mol. The fourth-order valence-corrected chi connectivity index (χ4v) is 4.01. The van der Waals surface area contributed by atoms with Gasteiger partial charge in [0.1, 0.15) is 23.0 Å². The van der Waals surface area contributed by atoms with Crippen molar-refractivity contribution in [2.75, 3.05) is 11.9 Å². The fraction of sp³-hybridized carbons (Fsp3) is 0.0800. The van der Waals surface area contributed by atoms with Crippen LogP contribution in [0.15, 0.2) is 71.7 Å². The van der Waals surface area contributed by atoms with Crippen LogP contribution in [-0.4, -0.2) is 45.9 Å². The van der Waals surface area contributed by atoms with Crippen LogP contribution in [-0.2, 0) is 4.79 Å². The molecule has 4 aromatic rings. The number of carbonyl (C=O) groups excluding carboxylic acids is 2. The first kappa shape index (κ1) is 21.2. The van der Waals surface area contributed by atoms with Crippen molar-refractivity contribution in [2.24, 2.45) is 4.99 Å². The summed E-state index contributed by atoms with van der Waals surface area (Å²) in [7, 11) is 1.56. The van der Waals surface area contributed by atoms with Crippen LogP contribution in [0, 0.1) is 5.82 Å². The second kappa shape index (κ2) is 8.04. The Bertz CT molecular complexity index is 1490. The first-order valence-electron chi connectivity index (χ1n) is 10.4. The lowest BCUT2D eigenvalue weighted by Crippen LogP contribution is -2.46. The number of benzodiazepines with no additional fused rings is 1. The molecule has 1 aliphatic rings. The van der Waals surface area contributed by atoms with Crippen LogP contribution in [0.4, 0.5) is 10.1 Å². The van der Waals surface area contributed by atoms with Gasteiger partial charge in [-0.15, -0.1) is 0 Å². The minimum Gasteiger partial charge on any atom is -0.508 e. The number of carbonyl (C=O) groups is 2. The summed E-state index contributed by atoms with van der Waals surface area (Å²) in [5, 5.41) is 22.6. The highest BCUT2D eigenvalue weighted by Gasteiger charge is 2.32. The van der Waals surface area contributed by atoms with E-state index < -0.39 is 23.8 Å². The Labute approximate surface area is 193 Å². The van der Waals surface area contributed by atoms with Crippen LogP contribution in [0.1, 0.15) is 21.6 Å². The molecule has 0 saturated carbocycles. The van der Waals surface area contributed by atoms with E-state index >= 15 is 0 Å². The predicted molar refractivity (Wildman–Crippen MR) is 125 cm³/mol. The normalized spacial score (nSPS) is 15.6. The second-order valence-electron chi connectivity index (χ2n) is 7.86. The number of aromatic nitrogens is 1. The minimum absolute atomic E-state index is 0.0516. The third kappa shape index (κ3) is 3.53. The summed E-state index contributed by atoms with van der Waals surface area (Å²) >= 11 is 0. The first-order chi connectivity index (χ1) is 16.3. The van der Waals surface area contributed by atoms with E-state index in [2.05, 4.69) is 15.3 Å². The number of halogens is 1. The largest absolute Gasteiger partial charge is 0.508 e. The molecule has 0 fully saturated rings. The number of hydrogen-bond acceptors (Lipinski definition) is 5. The Kier molecular flexibility index (Phi) is 5.01. The van der Waals surface area contributed by atoms with Gasteiger partial charge in [-0.1, -0.05) is 30.3 Å². The molecule has 2 heterocycles. The van der Waals surface area contributed by atoms with Gasteiger partial charge in [0.25, 0.3) is 11.8 Å². The highest BCUT2D eigenvalue weighted by Crippen LogP contribution is 2.31. The van der Waals surface area contributed by atoms with Crippen LogP contribution >= 0.6 is 0 Å². The number of fused-ring (bicyclic) bond motifs is 2. The maximum atomic E-state index is 14.7. The van der Waals surface area contributed by atoms with Gasteiger partial charge in [-0.3, -0.25) is 9.59 Å². The van der Waals surface area contributed by atoms with Crippen molar-refractivity contribution in [3.8, 4) is 11.5 Å². The smallest absolute Gasteiger partial charge is 0.272 e. The molecular weight excluding hydrogens is 439 g/mol. The molecule has 3 aromatic carbocycles. The molecule has 9 heteroatoms. The maximum Gasteiger partial charge on any atom is 0.272 e. The number of benzene rings is 3. The fourth-order valence-electron chi connectivity index (χ4n) is 4.01. The lowest BCUT2D eigenvalue weighted by atomic mass is 10.00. The number of H-pyrrole nitrogens is 1. The van der Waals surface area contributed by atoms with Gasteiger partial charge in [-0.05, 0) is 24.3 Å². The van der Waals surface area contributed by atoms with Crippen molar-refractivity contribution in [3.05, 3.63) is 89.4 Å². The minimum atomic E-state index is -1.34. The van der Waals surface area contributed by atoms with Crippen molar-refractivity contribution in [1.82, 2.24) is 10.3 Å². The van der Waals surface area contributed by atoms with Gasteiger partial charge in [0.05, 0.1) is 16.9 Å². The summed E-state index contributed by atoms with van der Waals surface area (Å²) in [5.41, 5.74) is 1.90. The Morgan fingerprint density at radius 3 is 2.53 bits per heavy atom. The van der Waals surface area contributed by atoms with Gasteiger partial charge in [0, 0.05) is 35.7 Å². The SMILES string of the molecule is CN1C(=O)C(NC(=O)c2cc3c(O)cc(O)cc3[nH]2)N=C(c2ccccc2F)c2ccccc21. The Morgan fingerprint density at radius 1 is 1.06 bits per heavy atom. The zero-order valence-electron chi connectivity index (χ0n) is 17.9. The molecule has 4 N–H and O–H groups in total. The number of aromatic hydroxyl groups is 2. The molecule has 1 unspecified atom stereocenters. The van der Waals surface area contributed by atoms with Crippen molar-refractivity contribution in [1.29, 1.82) is 0 Å². The Morgan fingerprint density at radius 2 is 1.76 bits per heavy atom.